The van der Waals surface area contributed by atoms with Crippen molar-refractivity contribution in [3.63, 3.8) is 0 Å². The van der Waals surface area contributed by atoms with Gasteiger partial charge in [-0.15, -0.1) is 0 Å². The topological polar surface area (TPSA) is 85.4 Å². The number of nitrogens with one attached hydrogen (secondary N) is 1. The molecule has 6 nitrogen and oxygen atoms in total. The highest BCUT2D eigenvalue weighted by atomic mass is 16.5. The van der Waals surface area contributed by atoms with E-state index in [9.17, 15) is 0 Å². The average Bonchev–Trinajstić information content (AvgIpc) is 2.54. The number of hydrogen-bond acceptors (Lipinski definition) is 4. The van der Waals surface area contributed by atoms with Gasteiger partial charge in [-0.3, -0.25) is 0 Å². The summed E-state index contributed by atoms with van der Waals surface area (Å²) in [6.07, 6.45) is 3.49. The number of aliphatic imine (C=N–C) groups is 1. The Morgan fingerprint density at radius 3 is 2.71 bits per heavy atom. The third-order valence-electron chi connectivity index (χ3n) is 3.62. The van der Waals surface area contributed by atoms with Crippen LogP contribution in [0.25, 0.3) is 0 Å². The van der Waals surface area contributed by atoms with E-state index in [0.29, 0.717) is 5.88 Å². The second-order valence-electron chi connectivity index (χ2n) is 5.73. The molecule has 0 saturated carbocycles. The predicted octanol–water partition coefficient (Wildman–Crippen LogP) is 3.50. The number of aryl methyl sites for hydroxylation is 3. The monoisotopic (exact) mass is 327 g/mol. The van der Waals surface area contributed by atoms with Crippen molar-refractivity contribution in [3.8, 4) is 5.88 Å². The van der Waals surface area contributed by atoms with Crippen molar-refractivity contribution >= 4 is 17.6 Å². The third-order valence-corrected chi connectivity index (χ3v) is 3.62. The van der Waals surface area contributed by atoms with Crippen LogP contribution in [-0.4, -0.2) is 23.0 Å². The molecule has 1 aromatic heterocycles. The summed E-state index contributed by atoms with van der Waals surface area (Å²) in [5, 5.41) is 3.11. The predicted molar refractivity (Wildman–Crippen MR) is 98.0 cm³/mol. The Hall–Kier alpha value is -2.63. The molecule has 3 N–H and O–H groups in total. The van der Waals surface area contributed by atoms with E-state index < -0.39 is 0 Å². The van der Waals surface area contributed by atoms with E-state index in [0.717, 1.165) is 23.4 Å². The molecule has 0 bridgehead atoms. The van der Waals surface area contributed by atoms with Crippen LogP contribution in [0.2, 0.25) is 0 Å². The Morgan fingerprint density at radius 2 is 2.04 bits per heavy atom. The van der Waals surface area contributed by atoms with Crippen LogP contribution in [-0.2, 0) is 6.42 Å². The van der Waals surface area contributed by atoms with E-state index >= 15 is 0 Å². The number of nitrogens with zero attached hydrogens (tertiary/aromatic N) is 3. The Labute approximate surface area is 143 Å². The molecular formula is C18H25N5O. The lowest BCUT2D eigenvalue weighted by molar-refractivity contribution is 0.397. The van der Waals surface area contributed by atoms with Crippen LogP contribution in [0.4, 0.5) is 11.6 Å². The van der Waals surface area contributed by atoms with Crippen LogP contribution in [0.3, 0.4) is 0 Å². The summed E-state index contributed by atoms with van der Waals surface area (Å²) < 4.78 is 5.12. The van der Waals surface area contributed by atoms with Crippen LogP contribution < -0.4 is 15.8 Å². The van der Waals surface area contributed by atoms with Gasteiger partial charge in [0.15, 0.2) is 0 Å². The highest BCUT2D eigenvalue weighted by molar-refractivity contribution is 5.94. The van der Waals surface area contributed by atoms with Crippen molar-refractivity contribution < 1.29 is 4.74 Å². The van der Waals surface area contributed by atoms with Crippen molar-refractivity contribution in [1.82, 2.24) is 9.97 Å². The van der Waals surface area contributed by atoms with Gasteiger partial charge < -0.3 is 15.8 Å². The van der Waals surface area contributed by atoms with Crippen molar-refractivity contribution in [3.05, 3.63) is 41.1 Å². The van der Waals surface area contributed by atoms with E-state index in [1.165, 1.54) is 18.4 Å². The molecule has 0 aliphatic rings. The molecule has 2 aromatic rings. The van der Waals surface area contributed by atoms with Crippen molar-refractivity contribution in [2.75, 3.05) is 12.4 Å². The zero-order valence-corrected chi connectivity index (χ0v) is 14.8. The van der Waals surface area contributed by atoms with E-state index in [-0.39, 0.29) is 11.9 Å². The lowest BCUT2D eigenvalue weighted by atomic mass is 10.0. The summed E-state index contributed by atoms with van der Waals surface area (Å²) in [6, 6.07) is 8.06. The molecule has 0 fully saturated rings. The summed E-state index contributed by atoms with van der Waals surface area (Å²) in [6.45, 7) is 6.10. The Bertz CT molecular complexity index is 727. The van der Waals surface area contributed by atoms with Gasteiger partial charge in [0.1, 0.15) is 0 Å². The normalized spacial score (nSPS) is 11.4. The number of ether oxygens (including phenoxy) is 1. The first-order chi connectivity index (χ1) is 11.5. The molecule has 0 spiro atoms. The van der Waals surface area contributed by atoms with Crippen molar-refractivity contribution in [2.45, 2.75) is 40.0 Å². The molecule has 0 radical (unpaired) electrons. The summed E-state index contributed by atoms with van der Waals surface area (Å²) in [5.74, 6) is 0.978. The minimum atomic E-state index is 0.243. The Balaban J connectivity index is 2.14. The largest absolute Gasteiger partial charge is 0.481 e. The molecule has 6 heteroatoms. The summed E-state index contributed by atoms with van der Waals surface area (Å²) in [5.41, 5.74) is 10.1. The molecule has 2 rings (SSSR count). The molecule has 0 aliphatic heterocycles. The number of hydrogen-bond donors (Lipinski definition) is 2. The number of methoxy groups -OCH3 is 1. The smallest absolute Gasteiger partial charge is 0.256 e. The van der Waals surface area contributed by atoms with Crippen LogP contribution >= 0.6 is 0 Å². The molecular weight excluding hydrogens is 302 g/mol. The number of benzene rings is 1. The second kappa shape index (κ2) is 8.29. The van der Waals surface area contributed by atoms with Crippen LogP contribution in [0.15, 0.2) is 29.3 Å². The molecule has 128 valence electrons. The van der Waals surface area contributed by atoms with E-state index in [1.807, 2.05) is 13.0 Å². The fourth-order valence-electron chi connectivity index (χ4n) is 2.36. The summed E-state index contributed by atoms with van der Waals surface area (Å²) in [4.78, 5) is 12.6. The van der Waals surface area contributed by atoms with E-state index in [1.54, 1.807) is 13.2 Å². The maximum Gasteiger partial charge on any atom is 0.256 e. The van der Waals surface area contributed by atoms with Gasteiger partial charge in [-0.05, 0) is 43.9 Å². The minimum Gasteiger partial charge on any atom is -0.481 e. The first kappa shape index (κ1) is 17.7. The number of nitrogens with two attached hydrogens (primary N) is 1. The van der Waals surface area contributed by atoms with Crippen LogP contribution in [0.5, 0.6) is 5.88 Å². The van der Waals surface area contributed by atoms with Crippen molar-refractivity contribution in [1.29, 1.82) is 0 Å². The van der Waals surface area contributed by atoms with E-state index in [2.05, 4.69) is 46.3 Å². The lowest BCUT2D eigenvalue weighted by Gasteiger charge is -2.10. The summed E-state index contributed by atoms with van der Waals surface area (Å²) >= 11 is 0. The fourth-order valence-corrected chi connectivity index (χ4v) is 2.36. The standard InChI is InChI=1S/C18H25N5O/c1-5-6-7-14-8-9-15(12(2)10-14)21-17(19)23-18-20-13(3)11-16(22-18)24-4/h8-11H,5-7H2,1-4H3,(H3,19,20,21,22,23). The SMILES string of the molecule is CCCCc1ccc(NC(N)=Nc2nc(C)cc(OC)n2)c(C)c1. The number of unbranched alkanes of at least 4 members (excludes halogenated alkanes) is 1. The number of guanidine groups is 1. The Kier molecular flexibility index (Phi) is 6.12. The van der Waals surface area contributed by atoms with Gasteiger partial charge in [0.25, 0.3) is 5.95 Å². The highest BCUT2D eigenvalue weighted by Crippen LogP contribution is 2.18. The molecule has 0 amide bonds. The van der Waals surface area contributed by atoms with Gasteiger partial charge in [0.05, 0.1) is 7.11 Å². The van der Waals surface area contributed by atoms with Crippen LogP contribution in [0, 0.1) is 13.8 Å². The minimum absolute atomic E-state index is 0.243. The Morgan fingerprint density at radius 1 is 1.25 bits per heavy atom. The highest BCUT2D eigenvalue weighted by Gasteiger charge is 2.05. The van der Waals surface area contributed by atoms with E-state index in [4.69, 9.17) is 10.5 Å². The van der Waals surface area contributed by atoms with Crippen LogP contribution in [0.1, 0.15) is 36.6 Å². The lowest BCUT2D eigenvalue weighted by Crippen LogP contribution is -2.22. The second-order valence-corrected chi connectivity index (χ2v) is 5.73. The molecule has 1 heterocycles. The zero-order chi connectivity index (χ0) is 17.5. The average molecular weight is 327 g/mol. The van der Waals surface area contributed by atoms with Gasteiger partial charge in [-0.1, -0.05) is 25.5 Å². The molecule has 1 aromatic carbocycles. The van der Waals surface area contributed by atoms with Gasteiger partial charge in [-0.2, -0.15) is 9.98 Å². The quantitative estimate of drug-likeness (QED) is 0.626. The first-order valence-electron chi connectivity index (χ1n) is 8.12. The van der Waals surface area contributed by atoms with Gasteiger partial charge >= 0.3 is 0 Å². The maximum absolute atomic E-state index is 5.98. The molecule has 0 unspecified atom stereocenters. The maximum atomic E-state index is 5.98. The number of rotatable bonds is 6. The zero-order valence-electron chi connectivity index (χ0n) is 14.8. The van der Waals surface area contributed by atoms with Gasteiger partial charge in [0, 0.05) is 17.4 Å². The number of aromatic nitrogens is 2. The summed E-state index contributed by atoms with van der Waals surface area (Å²) in [7, 11) is 1.56. The van der Waals surface area contributed by atoms with Crippen molar-refractivity contribution in [2.24, 2.45) is 10.7 Å². The molecule has 0 saturated heterocycles. The number of anilines is 1. The first-order valence-corrected chi connectivity index (χ1v) is 8.12. The van der Waals surface area contributed by atoms with Gasteiger partial charge in [-0.25, -0.2) is 4.98 Å². The molecule has 0 aliphatic carbocycles. The fraction of sp³-hybridized carbons (Fsp3) is 0.389. The molecule has 24 heavy (non-hydrogen) atoms. The molecule has 0 atom stereocenters. The third kappa shape index (κ3) is 4.94. The van der Waals surface area contributed by atoms with Gasteiger partial charge in [0.2, 0.25) is 11.8 Å².